The van der Waals surface area contributed by atoms with Gasteiger partial charge in [-0.1, -0.05) is 44.6 Å². The van der Waals surface area contributed by atoms with Crippen LogP contribution in [0.25, 0.3) is 0 Å². The van der Waals surface area contributed by atoms with Crippen molar-refractivity contribution in [3.8, 4) is 0 Å². The van der Waals surface area contributed by atoms with Crippen molar-refractivity contribution in [2.45, 2.75) is 70.3 Å². The van der Waals surface area contributed by atoms with E-state index in [4.69, 9.17) is 0 Å². The van der Waals surface area contributed by atoms with Crippen molar-refractivity contribution >= 4 is 5.91 Å². The molecule has 0 heterocycles. The highest BCUT2D eigenvalue weighted by atomic mass is 16.1. The van der Waals surface area contributed by atoms with Crippen LogP contribution in [0.3, 0.4) is 0 Å². The molecule has 17 heavy (non-hydrogen) atoms. The minimum atomic E-state index is 0.127. The first kappa shape index (κ1) is 12.7. The molecule has 0 atom stereocenters. The number of hydrogen-bond acceptors (Lipinski definition) is 1. The molecule has 0 spiro atoms. The van der Waals surface area contributed by atoms with Gasteiger partial charge in [-0.2, -0.15) is 0 Å². The van der Waals surface area contributed by atoms with Crippen LogP contribution in [-0.4, -0.2) is 11.9 Å². The first-order valence-electron chi connectivity index (χ1n) is 7.33. The number of hydrogen-bond donors (Lipinski definition) is 1. The fraction of sp³-hybridized carbons (Fsp3) is 0.800. The van der Waals surface area contributed by atoms with Crippen molar-refractivity contribution in [3.05, 3.63) is 12.2 Å². The standard InChI is InChI=1S/C15H25NO/c17-15(16-14-9-5-2-6-10-14)12-11-13-7-3-1-4-8-13/h11-14H,1-10H2,(H,16,17)/b12-11-. The van der Waals surface area contributed by atoms with Gasteiger partial charge in [0, 0.05) is 6.04 Å². The molecule has 0 unspecified atom stereocenters. The van der Waals surface area contributed by atoms with Gasteiger partial charge in [-0.25, -0.2) is 0 Å². The quantitative estimate of drug-likeness (QED) is 0.744. The third-order valence-corrected chi connectivity index (χ3v) is 4.12. The topological polar surface area (TPSA) is 29.1 Å². The summed E-state index contributed by atoms with van der Waals surface area (Å²) in [5, 5.41) is 3.13. The zero-order chi connectivity index (χ0) is 11.9. The summed E-state index contributed by atoms with van der Waals surface area (Å²) in [6.45, 7) is 0. The number of allylic oxidation sites excluding steroid dienone is 1. The van der Waals surface area contributed by atoms with Crippen LogP contribution in [0.1, 0.15) is 64.2 Å². The molecule has 1 amide bonds. The molecule has 2 heteroatoms. The zero-order valence-corrected chi connectivity index (χ0v) is 10.8. The van der Waals surface area contributed by atoms with E-state index in [-0.39, 0.29) is 5.91 Å². The first-order chi connectivity index (χ1) is 8.34. The Morgan fingerprint density at radius 3 is 2.12 bits per heavy atom. The van der Waals surface area contributed by atoms with Gasteiger partial charge in [0.1, 0.15) is 0 Å². The predicted molar refractivity (Wildman–Crippen MR) is 70.7 cm³/mol. The molecule has 0 aromatic rings. The van der Waals surface area contributed by atoms with Crippen molar-refractivity contribution in [2.75, 3.05) is 0 Å². The molecule has 2 nitrogen and oxygen atoms in total. The van der Waals surface area contributed by atoms with E-state index in [0.29, 0.717) is 12.0 Å². The Hall–Kier alpha value is -0.790. The van der Waals surface area contributed by atoms with Crippen LogP contribution in [0.4, 0.5) is 0 Å². The molecule has 2 fully saturated rings. The maximum absolute atomic E-state index is 11.8. The number of amides is 1. The molecule has 2 aliphatic carbocycles. The Morgan fingerprint density at radius 2 is 1.47 bits per heavy atom. The highest BCUT2D eigenvalue weighted by molar-refractivity contribution is 5.87. The number of rotatable bonds is 3. The van der Waals surface area contributed by atoms with Crippen molar-refractivity contribution in [2.24, 2.45) is 5.92 Å². The Labute approximate surface area is 105 Å². The molecule has 0 radical (unpaired) electrons. The summed E-state index contributed by atoms with van der Waals surface area (Å²) >= 11 is 0. The molecule has 0 bridgehead atoms. The van der Waals surface area contributed by atoms with E-state index in [1.54, 1.807) is 6.08 Å². The summed E-state index contributed by atoms with van der Waals surface area (Å²) in [5.41, 5.74) is 0. The normalized spacial score (nSPS) is 24.0. The van der Waals surface area contributed by atoms with Gasteiger partial charge >= 0.3 is 0 Å². The van der Waals surface area contributed by atoms with E-state index in [1.807, 2.05) is 0 Å². The molecule has 2 rings (SSSR count). The molecule has 96 valence electrons. The van der Waals surface area contributed by atoms with Crippen LogP contribution in [-0.2, 0) is 4.79 Å². The monoisotopic (exact) mass is 235 g/mol. The lowest BCUT2D eigenvalue weighted by atomic mass is 9.89. The van der Waals surface area contributed by atoms with Gasteiger partial charge in [-0.05, 0) is 37.7 Å². The number of carbonyl (C=O) groups is 1. The van der Waals surface area contributed by atoms with Crippen molar-refractivity contribution in [1.29, 1.82) is 0 Å². The Balaban J connectivity index is 1.69. The fourth-order valence-electron chi connectivity index (χ4n) is 3.05. The van der Waals surface area contributed by atoms with Crippen LogP contribution >= 0.6 is 0 Å². The van der Waals surface area contributed by atoms with Gasteiger partial charge in [0.2, 0.25) is 5.91 Å². The second kappa shape index (κ2) is 6.83. The fourth-order valence-corrected chi connectivity index (χ4v) is 3.05. The summed E-state index contributed by atoms with van der Waals surface area (Å²) in [6.07, 6.45) is 16.7. The summed E-state index contributed by atoms with van der Waals surface area (Å²) in [5.74, 6) is 0.781. The van der Waals surface area contributed by atoms with Crippen LogP contribution in [0.2, 0.25) is 0 Å². The minimum Gasteiger partial charge on any atom is -0.350 e. The largest absolute Gasteiger partial charge is 0.350 e. The highest BCUT2D eigenvalue weighted by Gasteiger charge is 2.15. The maximum atomic E-state index is 11.8. The van der Waals surface area contributed by atoms with Gasteiger partial charge in [0.05, 0.1) is 0 Å². The average molecular weight is 235 g/mol. The van der Waals surface area contributed by atoms with Crippen molar-refractivity contribution in [1.82, 2.24) is 5.32 Å². The summed E-state index contributed by atoms with van der Waals surface area (Å²) in [7, 11) is 0. The molecular formula is C15H25NO. The van der Waals surface area contributed by atoms with E-state index in [1.165, 1.54) is 64.2 Å². The number of carbonyl (C=O) groups excluding carboxylic acids is 1. The van der Waals surface area contributed by atoms with E-state index in [9.17, 15) is 4.79 Å². The molecule has 2 aliphatic rings. The smallest absolute Gasteiger partial charge is 0.243 e. The zero-order valence-electron chi connectivity index (χ0n) is 10.8. The van der Waals surface area contributed by atoms with E-state index in [0.717, 1.165) is 0 Å². The number of nitrogens with one attached hydrogen (secondary N) is 1. The highest BCUT2D eigenvalue weighted by Crippen LogP contribution is 2.24. The van der Waals surface area contributed by atoms with Gasteiger partial charge in [-0.15, -0.1) is 0 Å². The minimum absolute atomic E-state index is 0.127. The molecule has 0 saturated heterocycles. The average Bonchev–Trinajstić information content (AvgIpc) is 2.39. The van der Waals surface area contributed by atoms with E-state index >= 15 is 0 Å². The third kappa shape index (κ3) is 4.53. The van der Waals surface area contributed by atoms with E-state index in [2.05, 4.69) is 11.4 Å². The van der Waals surface area contributed by atoms with Crippen molar-refractivity contribution in [3.63, 3.8) is 0 Å². The van der Waals surface area contributed by atoms with Crippen LogP contribution in [0.5, 0.6) is 0 Å². The lowest BCUT2D eigenvalue weighted by molar-refractivity contribution is -0.117. The molecule has 1 N–H and O–H groups in total. The van der Waals surface area contributed by atoms with E-state index < -0.39 is 0 Å². The SMILES string of the molecule is O=C(/C=C\C1CCCCC1)NC1CCCCC1. The molecule has 0 aromatic carbocycles. The van der Waals surface area contributed by atoms with Crippen LogP contribution in [0.15, 0.2) is 12.2 Å². The Kier molecular flexibility index (Phi) is 5.08. The van der Waals surface area contributed by atoms with Gasteiger partial charge in [-0.3, -0.25) is 4.79 Å². The Morgan fingerprint density at radius 1 is 0.882 bits per heavy atom. The van der Waals surface area contributed by atoms with Crippen molar-refractivity contribution < 1.29 is 4.79 Å². The summed E-state index contributed by atoms with van der Waals surface area (Å²) in [4.78, 5) is 11.8. The van der Waals surface area contributed by atoms with Gasteiger partial charge in [0.15, 0.2) is 0 Å². The first-order valence-corrected chi connectivity index (χ1v) is 7.33. The van der Waals surface area contributed by atoms with Gasteiger partial charge in [0.25, 0.3) is 0 Å². The third-order valence-electron chi connectivity index (χ3n) is 4.12. The lowest BCUT2D eigenvalue weighted by Gasteiger charge is -2.22. The summed E-state index contributed by atoms with van der Waals surface area (Å²) in [6, 6.07) is 0.437. The molecule has 2 saturated carbocycles. The molecule has 0 aromatic heterocycles. The maximum Gasteiger partial charge on any atom is 0.243 e. The second-order valence-electron chi connectivity index (χ2n) is 5.60. The second-order valence-corrected chi connectivity index (χ2v) is 5.60. The predicted octanol–water partition coefficient (Wildman–Crippen LogP) is 3.57. The van der Waals surface area contributed by atoms with Crippen LogP contribution < -0.4 is 5.32 Å². The molecule has 0 aliphatic heterocycles. The van der Waals surface area contributed by atoms with Crippen LogP contribution in [0, 0.1) is 5.92 Å². The van der Waals surface area contributed by atoms with Gasteiger partial charge < -0.3 is 5.32 Å². The molecular weight excluding hydrogens is 210 g/mol. The summed E-state index contributed by atoms with van der Waals surface area (Å²) < 4.78 is 0. The lowest BCUT2D eigenvalue weighted by Crippen LogP contribution is -2.35. The Bertz CT molecular complexity index is 260.